The van der Waals surface area contributed by atoms with Gasteiger partial charge in [-0.1, -0.05) is 19.0 Å². The Morgan fingerprint density at radius 2 is 2.10 bits per heavy atom. The van der Waals surface area contributed by atoms with Gasteiger partial charge in [0.25, 0.3) is 5.91 Å². The normalized spacial score (nSPS) is 15.0. The lowest BCUT2D eigenvalue weighted by Crippen LogP contribution is -2.38. The second-order valence-corrected chi connectivity index (χ2v) is 7.79. The van der Waals surface area contributed by atoms with Gasteiger partial charge in [-0.15, -0.1) is 0 Å². The summed E-state index contributed by atoms with van der Waals surface area (Å²) in [4.78, 5) is 24.0. The number of rotatable bonds is 6. The summed E-state index contributed by atoms with van der Waals surface area (Å²) in [5, 5.41) is 11.5. The monoisotopic (exact) mass is 408 g/mol. The number of likely N-dealkylation sites (tertiary alicyclic amines) is 1. The molecule has 3 aromatic rings. The second kappa shape index (κ2) is 8.77. The molecule has 3 aromatic heterocycles. The quantitative estimate of drug-likeness (QED) is 0.667. The van der Waals surface area contributed by atoms with Crippen molar-refractivity contribution in [1.82, 2.24) is 30.2 Å². The summed E-state index contributed by atoms with van der Waals surface area (Å²) >= 11 is 0. The third-order valence-electron chi connectivity index (χ3n) is 5.78. The predicted octanol–water partition coefficient (Wildman–Crippen LogP) is 3.70. The van der Waals surface area contributed by atoms with Crippen LogP contribution in [0.2, 0.25) is 0 Å². The first-order chi connectivity index (χ1) is 14.6. The molecule has 8 heteroatoms. The number of aryl methyl sites for hydroxylation is 3. The largest absolute Gasteiger partial charge is 0.360 e. The van der Waals surface area contributed by atoms with E-state index in [0.717, 1.165) is 48.5 Å². The van der Waals surface area contributed by atoms with Crippen LogP contribution in [0.15, 0.2) is 23.0 Å². The smallest absolute Gasteiger partial charge is 0.259 e. The number of aromatic nitrogens is 5. The molecule has 1 amide bonds. The average Bonchev–Trinajstić information content (AvgIpc) is 3.40. The van der Waals surface area contributed by atoms with Gasteiger partial charge in [0.1, 0.15) is 17.1 Å². The standard InChI is InChI=1S/C22H28N6O2/c1-4-6-19-23-10-7-17(25-19)16-13-24-26-21(16)15-8-11-28(12-9-15)22(29)20-14(3)27-30-18(20)5-2/h7,10,13,15H,4-6,8-9,11-12H2,1-3H3,(H,24,26). The predicted molar refractivity (Wildman–Crippen MR) is 112 cm³/mol. The molecule has 1 fully saturated rings. The molecule has 30 heavy (non-hydrogen) atoms. The SMILES string of the molecule is CCCc1nccc(-c2cn[nH]c2C2CCN(C(=O)c3c(C)noc3CC)CC2)n1. The molecule has 4 heterocycles. The topological polar surface area (TPSA) is 101 Å². The molecule has 0 atom stereocenters. The van der Waals surface area contributed by atoms with E-state index in [1.807, 2.05) is 37.2 Å². The Hall–Kier alpha value is -3.03. The van der Waals surface area contributed by atoms with Crippen LogP contribution in [0.1, 0.15) is 72.4 Å². The van der Waals surface area contributed by atoms with Gasteiger partial charge >= 0.3 is 0 Å². The molecule has 0 unspecified atom stereocenters. The fourth-order valence-corrected chi connectivity index (χ4v) is 4.17. The molecule has 0 spiro atoms. The van der Waals surface area contributed by atoms with E-state index in [0.29, 0.717) is 42.4 Å². The molecule has 0 aromatic carbocycles. The van der Waals surface area contributed by atoms with Gasteiger partial charge in [0.05, 0.1) is 17.6 Å². The van der Waals surface area contributed by atoms with Gasteiger partial charge in [-0.05, 0) is 32.3 Å². The van der Waals surface area contributed by atoms with Crippen LogP contribution in [0.3, 0.4) is 0 Å². The van der Waals surface area contributed by atoms with Crippen molar-refractivity contribution in [3.8, 4) is 11.3 Å². The number of nitrogens with zero attached hydrogens (tertiary/aromatic N) is 5. The van der Waals surface area contributed by atoms with Crippen LogP contribution in [-0.4, -0.2) is 49.2 Å². The lowest BCUT2D eigenvalue weighted by Gasteiger charge is -2.32. The number of nitrogens with one attached hydrogen (secondary N) is 1. The molecule has 0 bridgehead atoms. The molecule has 1 saturated heterocycles. The molecule has 1 N–H and O–H groups in total. The Balaban J connectivity index is 1.48. The van der Waals surface area contributed by atoms with Gasteiger partial charge < -0.3 is 9.42 Å². The maximum atomic E-state index is 13.0. The molecule has 158 valence electrons. The van der Waals surface area contributed by atoms with Crippen molar-refractivity contribution in [2.75, 3.05) is 13.1 Å². The number of carbonyl (C=O) groups is 1. The third kappa shape index (κ3) is 3.86. The Morgan fingerprint density at radius 3 is 2.83 bits per heavy atom. The summed E-state index contributed by atoms with van der Waals surface area (Å²) in [7, 11) is 0. The van der Waals surface area contributed by atoms with Crippen LogP contribution in [0.4, 0.5) is 0 Å². The Morgan fingerprint density at radius 1 is 1.30 bits per heavy atom. The first-order valence-corrected chi connectivity index (χ1v) is 10.7. The first-order valence-electron chi connectivity index (χ1n) is 10.7. The summed E-state index contributed by atoms with van der Waals surface area (Å²) in [6.45, 7) is 7.32. The van der Waals surface area contributed by atoms with Crippen LogP contribution < -0.4 is 0 Å². The minimum Gasteiger partial charge on any atom is -0.360 e. The van der Waals surface area contributed by atoms with Crippen molar-refractivity contribution >= 4 is 5.91 Å². The maximum absolute atomic E-state index is 13.0. The zero-order chi connectivity index (χ0) is 21.1. The van der Waals surface area contributed by atoms with Crippen molar-refractivity contribution in [2.45, 2.75) is 58.8 Å². The Kier molecular flexibility index (Phi) is 5.92. The van der Waals surface area contributed by atoms with Crippen molar-refractivity contribution in [3.63, 3.8) is 0 Å². The highest BCUT2D eigenvalue weighted by Crippen LogP contribution is 2.34. The van der Waals surface area contributed by atoms with E-state index in [9.17, 15) is 4.79 Å². The highest BCUT2D eigenvalue weighted by atomic mass is 16.5. The number of aromatic amines is 1. The Bertz CT molecular complexity index is 1020. The average molecular weight is 409 g/mol. The number of hydrogen-bond donors (Lipinski definition) is 1. The van der Waals surface area contributed by atoms with Crippen molar-refractivity contribution in [1.29, 1.82) is 0 Å². The number of piperidine rings is 1. The number of H-pyrrole nitrogens is 1. The molecule has 0 radical (unpaired) electrons. The summed E-state index contributed by atoms with van der Waals surface area (Å²) in [6, 6.07) is 1.94. The van der Waals surface area contributed by atoms with Crippen LogP contribution in [0.25, 0.3) is 11.3 Å². The van der Waals surface area contributed by atoms with Gasteiger partial charge in [-0.2, -0.15) is 5.10 Å². The summed E-state index contributed by atoms with van der Waals surface area (Å²) < 4.78 is 5.31. The van der Waals surface area contributed by atoms with E-state index in [4.69, 9.17) is 9.51 Å². The van der Waals surface area contributed by atoms with Crippen molar-refractivity contribution < 1.29 is 9.32 Å². The highest BCUT2D eigenvalue weighted by molar-refractivity contribution is 5.96. The van der Waals surface area contributed by atoms with Gasteiger partial charge in [0.2, 0.25) is 0 Å². The Labute approximate surface area is 176 Å². The van der Waals surface area contributed by atoms with Crippen LogP contribution >= 0.6 is 0 Å². The van der Waals surface area contributed by atoms with E-state index in [2.05, 4.69) is 27.3 Å². The lowest BCUT2D eigenvalue weighted by molar-refractivity contribution is 0.0709. The summed E-state index contributed by atoms with van der Waals surface area (Å²) in [5.41, 5.74) is 4.33. The molecule has 0 aliphatic carbocycles. The third-order valence-corrected chi connectivity index (χ3v) is 5.78. The fraction of sp³-hybridized carbons (Fsp3) is 0.500. The zero-order valence-corrected chi connectivity index (χ0v) is 17.8. The molecule has 1 aliphatic rings. The van der Waals surface area contributed by atoms with E-state index in [1.165, 1.54) is 0 Å². The first kappa shape index (κ1) is 20.3. The summed E-state index contributed by atoms with van der Waals surface area (Å²) in [6.07, 6.45) is 7.95. The minimum atomic E-state index is 0.0221. The fourth-order valence-electron chi connectivity index (χ4n) is 4.17. The number of hydrogen-bond acceptors (Lipinski definition) is 6. The second-order valence-electron chi connectivity index (χ2n) is 7.79. The lowest BCUT2D eigenvalue weighted by atomic mass is 9.90. The van der Waals surface area contributed by atoms with E-state index in [1.54, 1.807) is 0 Å². The van der Waals surface area contributed by atoms with Gasteiger partial charge in [-0.25, -0.2) is 9.97 Å². The maximum Gasteiger partial charge on any atom is 0.259 e. The molecule has 4 rings (SSSR count). The van der Waals surface area contributed by atoms with Crippen LogP contribution in [0, 0.1) is 6.92 Å². The zero-order valence-electron chi connectivity index (χ0n) is 17.8. The van der Waals surface area contributed by atoms with Gasteiger partial charge in [0.15, 0.2) is 0 Å². The molecular weight excluding hydrogens is 380 g/mol. The van der Waals surface area contributed by atoms with Crippen molar-refractivity contribution in [2.24, 2.45) is 0 Å². The summed E-state index contributed by atoms with van der Waals surface area (Å²) in [5.74, 6) is 1.86. The molecular formula is C22H28N6O2. The van der Waals surface area contributed by atoms with E-state index in [-0.39, 0.29) is 5.91 Å². The molecule has 1 aliphatic heterocycles. The molecule has 8 nitrogen and oxygen atoms in total. The number of carbonyl (C=O) groups excluding carboxylic acids is 1. The number of amides is 1. The van der Waals surface area contributed by atoms with Gasteiger partial charge in [0, 0.05) is 49.3 Å². The minimum absolute atomic E-state index is 0.0221. The van der Waals surface area contributed by atoms with Crippen LogP contribution in [0.5, 0.6) is 0 Å². The highest BCUT2D eigenvalue weighted by Gasteiger charge is 2.30. The van der Waals surface area contributed by atoms with Crippen LogP contribution in [-0.2, 0) is 12.8 Å². The van der Waals surface area contributed by atoms with Crippen molar-refractivity contribution in [3.05, 3.63) is 47.0 Å². The molecule has 0 saturated carbocycles. The van der Waals surface area contributed by atoms with Gasteiger partial charge in [-0.3, -0.25) is 9.89 Å². The van der Waals surface area contributed by atoms with E-state index < -0.39 is 0 Å². The van der Waals surface area contributed by atoms with E-state index >= 15 is 0 Å².